The highest BCUT2D eigenvalue weighted by molar-refractivity contribution is 9.10. The van der Waals surface area contributed by atoms with Crippen molar-refractivity contribution in [1.29, 1.82) is 0 Å². The van der Waals surface area contributed by atoms with E-state index in [-0.39, 0.29) is 11.9 Å². The van der Waals surface area contributed by atoms with Gasteiger partial charge in [0.15, 0.2) is 0 Å². The molecule has 0 bridgehead atoms. The zero-order valence-corrected chi connectivity index (χ0v) is 12.1. The van der Waals surface area contributed by atoms with Crippen molar-refractivity contribution in [3.8, 4) is 0 Å². The van der Waals surface area contributed by atoms with Gasteiger partial charge in [0, 0.05) is 28.6 Å². The van der Waals surface area contributed by atoms with Gasteiger partial charge in [-0.3, -0.25) is 4.79 Å². The first-order valence-corrected chi connectivity index (χ1v) is 6.88. The van der Waals surface area contributed by atoms with E-state index in [0.717, 1.165) is 13.2 Å². The third-order valence-corrected chi connectivity index (χ3v) is 3.57. The molecule has 1 aromatic rings. The van der Waals surface area contributed by atoms with Gasteiger partial charge in [0.1, 0.15) is 0 Å². The highest BCUT2D eigenvalue weighted by atomic mass is 79.9. The van der Waals surface area contributed by atoms with Crippen LogP contribution in [0.1, 0.15) is 10.4 Å². The fourth-order valence-electron chi connectivity index (χ4n) is 1.74. The van der Waals surface area contributed by atoms with Crippen LogP contribution in [-0.2, 0) is 4.74 Å². The van der Waals surface area contributed by atoms with E-state index in [2.05, 4.69) is 26.6 Å². The molecule has 2 rings (SSSR count). The largest absolute Gasteiger partial charge is 0.378 e. The van der Waals surface area contributed by atoms with Crippen molar-refractivity contribution in [3.63, 3.8) is 0 Å². The lowest BCUT2D eigenvalue weighted by molar-refractivity contribution is 0.0734. The highest BCUT2D eigenvalue weighted by Gasteiger charge is 2.15. The Morgan fingerprint density at radius 1 is 1.61 bits per heavy atom. The van der Waals surface area contributed by atoms with E-state index in [4.69, 9.17) is 16.3 Å². The summed E-state index contributed by atoms with van der Waals surface area (Å²) in [6, 6.07) is 5.28. The van der Waals surface area contributed by atoms with Crippen LogP contribution in [0.15, 0.2) is 22.7 Å². The Kier molecular flexibility index (Phi) is 5.00. The highest BCUT2D eigenvalue weighted by Crippen LogP contribution is 2.21. The van der Waals surface area contributed by atoms with Crippen LogP contribution in [-0.4, -0.2) is 38.3 Å². The number of carbonyl (C=O) groups is 1. The summed E-state index contributed by atoms with van der Waals surface area (Å²) in [5.41, 5.74) is 0.580. The monoisotopic (exact) mass is 332 g/mol. The minimum Gasteiger partial charge on any atom is -0.378 e. The lowest BCUT2D eigenvalue weighted by Gasteiger charge is -2.24. The molecule has 0 radical (unpaired) electrons. The average Bonchev–Trinajstić information content (AvgIpc) is 2.37. The van der Waals surface area contributed by atoms with Crippen molar-refractivity contribution in [1.82, 2.24) is 10.6 Å². The molecule has 1 atom stereocenters. The van der Waals surface area contributed by atoms with Crippen molar-refractivity contribution in [2.24, 2.45) is 0 Å². The van der Waals surface area contributed by atoms with Gasteiger partial charge in [-0.1, -0.05) is 11.6 Å². The summed E-state index contributed by atoms with van der Waals surface area (Å²) in [5, 5.41) is 6.75. The molecule has 0 aromatic heterocycles. The summed E-state index contributed by atoms with van der Waals surface area (Å²) >= 11 is 9.16. The quantitative estimate of drug-likeness (QED) is 0.887. The molecule has 1 unspecified atom stereocenters. The number of hydrogen-bond acceptors (Lipinski definition) is 3. The van der Waals surface area contributed by atoms with Crippen LogP contribution < -0.4 is 10.6 Å². The first-order chi connectivity index (χ1) is 8.66. The Balaban J connectivity index is 1.90. The lowest BCUT2D eigenvalue weighted by Crippen LogP contribution is -2.48. The van der Waals surface area contributed by atoms with Gasteiger partial charge >= 0.3 is 0 Å². The minimum atomic E-state index is -0.120. The number of nitrogens with one attached hydrogen (secondary N) is 2. The Labute approximate surface area is 119 Å². The third-order valence-electron chi connectivity index (χ3n) is 2.68. The van der Waals surface area contributed by atoms with Crippen LogP contribution in [0.4, 0.5) is 0 Å². The number of amides is 1. The van der Waals surface area contributed by atoms with Crippen molar-refractivity contribution < 1.29 is 9.53 Å². The predicted octanol–water partition coefficient (Wildman–Crippen LogP) is 1.82. The maximum absolute atomic E-state index is 12.0. The molecule has 1 saturated heterocycles. The SMILES string of the molecule is O=C(NCC1COCCN1)c1ccc(Cl)cc1Br. The summed E-state index contributed by atoms with van der Waals surface area (Å²) in [4.78, 5) is 12.0. The Morgan fingerprint density at radius 3 is 3.11 bits per heavy atom. The van der Waals surface area contributed by atoms with Crippen molar-refractivity contribution in [2.45, 2.75) is 6.04 Å². The third kappa shape index (κ3) is 3.68. The predicted molar refractivity (Wildman–Crippen MR) is 74.1 cm³/mol. The second kappa shape index (κ2) is 6.52. The molecule has 1 heterocycles. The Morgan fingerprint density at radius 2 is 2.44 bits per heavy atom. The van der Waals surface area contributed by atoms with Gasteiger partial charge in [-0.25, -0.2) is 0 Å². The van der Waals surface area contributed by atoms with Crippen LogP contribution in [0, 0.1) is 0 Å². The van der Waals surface area contributed by atoms with Crippen molar-refractivity contribution in [2.75, 3.05) is 26.3 Å². The number of hydrogen-bond donors (Lipinski definition) is 2. The number of ether oxygens (including phenoxy) is 1. The Bertz CT molecular complexity index is 436. The maximum atomic E-state index is 12.0. The van der Waals surface area contributed by atoms with Gasteiger partial charge in [-0.05, 0) is 34.1 Å². The Hall–Kier alpha value is -0.620. The van der Waals surface area contributed by atoms with Gasteiger partial charge in [0.2, 0.25) is 0 Å². The molecule has 18 heavy (non-hydrogen) atoms. The van der Waals surface area contributed by atoms with Gasteiger partial charge in [0.05, 0.1) is 18.8 Å². The summed E-state index contributed by atoms with van der Waals surface area (Å²) in [5.74, 6) is -0.120. The van der Waals surface area contributed by atoms with Crippen LogP contribution in [0.25, 0.3) is 0 Å². The molecule has 4 nitrogen and oxygen atoms in total. The summed E-state index contributed by atoms with van der Waals surface area (Å²) in [6.45, 7) is 2.73. The van der Waals surface area contributed by atoms with Crippen LogP contribution >= 0.6 is 27.5 Å². The zero-order valence-electron chi connectivity index (χ0n) is 9.71. The van der Waals surface area contributed by atoms with E-state index in [9.17, 15) is 4.79 Å². The molecule has 98 valence electrons. The van der Waals surface area contributed by atoms with Crippen LogP contribution in [0.2, 0.25) is 5.02 Å². The normalized spacial score (nSPS) is 19.6. The van der Waals surface area contributed by atoms with Gasteiger partial charge in [0.25, 0.3) is 5.91 Å². The van der Waals surface area contributed by atoms with E-state index >= 15 is 0 Å². The van der Waals surface area contributed by atoms with E-state index in [1.54, 1.807) is 18.2 Å². The molecule has 1 aromatic carbocycles. The van der Waals surface area contributed by atoms with Gasteiger partial charge < -0.3 is 15.4 Å². The van der Waals surface area contributed by atoms with E-state index in [0.29, 0.717) is 28.2 Å². The first-order valence-electron chi connectivity index (χ1n) is 5.71. The fourth-order valence-corrected chi connectivity index (χ4v) is 2.60. The van der Waals surface area contributed by atoms with E-state index in [1.165, 1.54) is 0 Å². The summed E-state index contributed by atoms with van der Waals surface area (Å²) < 4.78 is 6.01. The molecular weight excluding hydrogens is 320 g/mol. The first kappa shape index (κ1) is 13.8. The smallest absolute Gasteiger partial charge is 0.252 e. The second-order valence-corrected chi connectivity index (χ2v) is 5.35. The van der Waals surface area contributed by atoms with Gasteiger partial charge in [-0.2, -0.15) is 0 Å². The van der Waals surface area contributed by atoms with E-state index < -0.39 is 0 Å². The number of benzene rings is 1. The standard InChI is InChI=1S/C12H14BrClN2O2/c13-11-5-8(14)1-2-10(11)12(17)16-6-9-7-18-4-3-15-9/h1-2,5,9,15H,3-4,6-7H2,(H,16,17). The average molecular weight is 334 g/mol. The number of carbonyl (C=O) groups excluding carboxylic acids is 1. The molecular formula is C12H14BrClN2O2. The van der Waals surface area contributed by atoms with Crippen molar-refractivity contribution >= 4 is 33.4 Å². The minimum absolute atomic E-state index is 0.120. The molecule has 1 amide bonds. The van der Waals surface area contributed by atoms with Crippen molar-refractivity contribution in [3.05, 3.63) is 33.3 Å². The topological polar surface area (TPSA) is 50.4 Å². The maximum Gasteiger partial charge on any atom is 0.252 e. The molecule has 0 saturated carbocycles. The zero-order chi connectivity index (χ0) is 13.0. The van der Waals surface area contributed by atoms with Gasteiger partial charge in [-0.15, -0.1) is 0 Å². The summed E-state index contributed by atoms with van der Waals surface area (Å²) in [7, 11) is 0. The second-order valence-electron chi connectivity index (χ2n) is 4.06. The summed E-state index contributed by atoms with van der Waals surface area (Å²) in [6.07, 6.45) is 0. The van der Waals surface area contributed by atoms with Crippen LogP contribution in [0.5, 0.6) is 0 Å². The van der Waals surface area contributed by atoms with E-state index in [1.807, 2.05) is 0 Å². The number of rotatable bonds is 3. The molecule has 2 N–H and O–H groups in total. The molecule has 1 aliphatic rings. The molecule has 0 spiro atoms. The molecule has 1 fully saturated rings. The van der Waals surface area contributed by atoms with Crippen LogP contribution in [0.3, 0.4) is 0 Å². The number of halogens is 2. The molecule has 1 aliphatic heterocycles. The molecule has 0 aliphatic carbocycles. The molecule has 6 heteroatoms. The lowest BCUT2D eigenvalue weighted by atomic mass is 10.2. The fraction of sp³-hybridized carbons (Fsp3) is 0.417. The number of morpholine rings is 1.